The van der Waals surface area contributed by atoms with Crippen LogP contribution < -0.4 is 10.3 Å². The van der Waals surface area contributed by atoms with Gasteiger partial charge in [0.1, 0.15) is 11.6 Å². The van der Waals surface area contributed by atoms with Crippen molar-refractivity contribution < 1.29 is 4.74 Å². The molecule has 2 heterocycles. The molecule has 0 aliphatic heterocycles. The number of nitrogens with zero attached hydrogens (tertiary/aromatic N) is 4. The summed E-state index contributed by atoms with van der Waals surface area (Å²) < 4.78 is 10.4. The molecule has 0 aliphatic carbocycles. The molecule has 0 saturated carbocycles. The quantitative estimate of drug-likeness (QED) is 0.242. The third-order valence-electron chi connectivity index (χ3n) is 6.03. The van der Waals surface area contributed by atoms with E-state index < -0.39 is 0 Å². The molecule has 6 nitrogen and oxygen atoms in total. The van der Waals surface area contributed by atoms with Gasteiger partial charge in [-0.1, -0.05) is 57.5 Å². The highest BCUT2D eigenvalue weighted by atomic mass is 79.9. The van der Waals surface area contributed by atoms with Crippen LogP contribution in [0.15, 0.2) is 62.9 Å². The minimum atomic E-state index is -0.370. The molecular formula is C30H35BrN4O2. The molecule has 0 radical (unpaired) electrons. The predicted octanol–water partition coefficient (Wildman–Crippen LogP) is 7.17. The molecular weight excluding hydrogens is 528 g/mol. The number of fused-ring (bicyclic) bond motifs is 1. The van der Waals surface area contributed by atoms with E-state index in [1.807, 2.05) is 45.0 Å². The second-order valence-corrected chi connectivity index (χ2v) is 12.6. The molecule has 194 valence electrons. The molecule has 0 saturated heterocycles. The van der Waals surface area contributed by atoms with Crippen LogP contribution in [0.5, 0.6) is 5.75 Å². The van der Waals surface area contributed by atoms with Crippen molar-refractivity contribution in [2.24, 2.45) is 10.5 Å². The summed E-state index contributed by atoms with van der Waals surface area (Å²) in [5, 5.41) is 5.19. The van der Waals surface area contributed by atoms with E-state index in [2.05, 4.69) is 78.4 Å². The van der Waals surface area contributed by atoms with Gasteiger partial charge in [0, 0.05) is 32.5 Å². The van der Waals surface area contributed by atoms with Crippen LogP contribution in [0.3, 0.4) is 0 Å². The molecule has 2 aromatic heterocycles. The molecule has 0 fully saturated rings. The predicted molar refractivity (Wildman–Crippen MR) is 156 cm³/mol. The maximum atomic E-state index is 13.5. The lowest BCUT2D eigenvalue weighted by Crippen LogP contribution is -2.29. The van der Waals surface area contributed by atoms with Gasteiger partial charge in [-0.25, -0.2) is 4.98 Å². The Hall–Kier alpha value is -3.19. The van der Waals surface area contributed by atoms with Crippen molar-refractivity contribution in [1.82, 2.24) is 14.2 Å². The zero-order chi connectivity index (χ0) is 27.1. The standard InChI is InChI=1S/C30H35BrN4O2/c1-19-15-21(20(2)34(19)23-10-12-24(13-11-23)37-18-29(3,4)5)17-32-35-27(36)25-16-22(31)9-14-26(25)33-28(35)30(6,7)8/h9-17H,18H2,1-8H3. The van der Waals surface area contributed by atoms with Crippen LogP contribution in [-0.2, 0) is 5.41 Å². The van der Waals surface area contributed by atoms with Gasteiger partial charge in [0.05, 0.1) is 23.7 Å². The van der Waals surface area contributed by atoms with E-state index in [4.69, 9.17) is 9.72 Å². The Kier molecular flexibility index (Phi) is 7.21. The summed E-state index contributed by atoms with van der Waals surface area (Å²) in [5.74, 6) is 1.47. The molecule has 0 bridgehead atoms. The van der Waals surface area contributed by atoms with Crippen LogP contribution in [0.4, 0.5) is 0 Å². The summed E-state index contributed by atoms with van der Waals surface area (Å²) in [4.78, 5) is 18.3. The van der Waals surface area contributed by atoms with Crippen molar-refractivity contribution in [3.63, 3.8) is 0 Å². The van der Waals surface area contributed by atoms with E-state index in [-0.39, 0.29) is 16.4 Å². The van der Waals surface area contributed by atoms with Gasteiger partial charge < -0.3 is 9.30 Å². The van der Waals surface area contributed by atoms with Gasteiger partial charge in [0.2, 0.25) is 0 Å². The topological polar surface area (TPSA) is 61.4 Å². The highest BCUT2D eigenvalue weighted by Crippen LogP contribution is 2.25. The van der Waals surface area contributed by atoms with Crippen LogP contribution in [-0.4, -0.2) is 27.0 Å². The second kappa shape index (κ2) is 9.93. The third-order valence-corrected chi connectivity index (χ3v) is 6.52. The molecule has 0 N–H and O–H groups in total. The Morgan fingerprint density at radius 2 is 1.68 bits per heavy atom. The van der Waals surface area contributed by atoms with Crippen LogP contribution in [0.1, 0.15) is 64.3 Å². The highest BCUT2D eigenvalue weighted by molar-refractivity contribution is 9.10. The zero-order valence-electron chi connectivity index (χ0n) is 22.9. The van der Waals surface area contributed by atoms with Gasteiger partial charge in [-0.05, 0) is 67.8 Å². The first kappa shape index (κ1) is 26.9. The van der Waals surface area contributed by atoms with Gasteiger partial charge >= 0.3 is 0 Å². The molecule has 4 aromatic rings. The van der Waals surface area contributed by atoms with Crippen molar-refractivity contribution in [3.8, 4) is 11.4 Å². The van der Waals surface area contributed by atoms with Crippen LogP contribution >= 0.6 is 15.9 Å². The minimum Gasteiger partial charge on any atom is -0.493 e. The molecule has 0 unspecified atom stereocenters. The maximum absolute atomic E-state index is 13.5. The summed E-state index contributed by atoms with van der Waals surface area (Å²) in [6.07, 6.45) is 1.75. The summed E-state index contributed by atoms with van der Waals surface area (Å²) in [6, 6.07) is 15.8. The molecule has 4 rings (SSSR count). The Morgan fingerprint density at radius 1 is 1.00 bits per heavy atom. The molecule has 0 amide bonds. The monoisotopic (exact) mass is 562 g/mol. The van der Waals surface area contributed by atoms with Gasteiger partial charge in [-0.2, -0.15) is 9.78 Å². The first-order chi connectivity index (χ1) is 17.2. The van der Waals surface area contributed by atoms with Crippen LogP contribution in [0, 0.1) is 19.3 Å². The Bertz CT molecular complexity index is 1530. The summed E-state index contributed by atoms with van der Waals surface area (Å²) >= 11 is 3.46. The molecule has 37 heavy (non-hydrogen) atoms. The number of aryl methyl sites for hydroxylation is 1. The fourth-order valence-electron chi connectivity index (χ4n) is 4.17. The van der Waals surface area contributed by atoms with E-state index in [9.17, 15) is 4.79 Å². The highest BCUT2D eigenvalue weighted by Gasteiger charge is 2.23. The summed E-state index contributed by atoms with van der Waals surface area (Å²) in [5.41, 5.74) is 4.30. The normalized spacial score (nSPS) is 12.6. The van der Waals surface area contributed by atoms with Gasteiger partial charge in [0.25, 0.3) is 5.56 Å². The van der Waals surface area contributed by atoms with Crippen LogP contribution in [0.25, 0.3) is 16.6 Å². The van der Waals surface area contributed by atoms with E-state index in [1.165, 1.54) is 4.68 Å². The van der Waals surface area contributed by atoms with Gasteiger partial charge in [0.15, 0.2) is 0 Å². The van der Waals surface area contributed by atoms with E-state index in [0.29, 0.717) is 23.3 Å². The van der Waals surface area contributed by atoms with Gasteiger partial charge in [-0.3, -0.25) is 4.79 Å². The Labute approximate surface area is 227 Å². The zero-order valence-corrected chi connectivity index (χ0v) is 24.5. The Balaban J connectivity index is 1.72. The van der Waals surface area contributed by atoms with E-state index >= 15 is 0 Å². The van der Waals surface area contributed by atoms with Crippen molar-refractivity contribution in [2.75, 3.05) is 6.61 Å². The first-order valence-electron chi connectivity index (χ1n) is 12.4. The number of ether oxygens (including phenoxy) is 1. The fourth-order valence-corrected chi connectivity index (χ4v) is 4.53. The van der Waals surface area contributed by atoms with Crippen molar-refractivity contribution in [2.45, 2.75) is 60.8 Å². The molecule has 0 aliphatic rings. The number of benzene rings is 2. The van der Waals surface area contributed by atoms with Gasteiger partial charge in [-0.15, -0.1) is 0 Å². The molecule has 0 atom stereocenters. The first-order valence-corrected chi connectivity index (χ1v) is 13.2. The van der Waals surface area contributed by atoms with Crippen molar-refractivity contribution in [1.29, 1.82) is 0 Å². The number of hydrogen-bond acceptors (Lipinski definition) is 4. The lowest BCUT2D eigenvalue weighted by atomic mass is 9.95. The molecule has 7 heteroatoms. The number of halogens is 1. The van der Waals surface area contributed by atoms with Crippen molar-refractivity contribution in [3.05, 3.63) is 86.1 Å². The van der Waals surface area contributed by atoms with E-state index in [1.54, 1.807) is 12.3 Å². The summed E-state index contributed by atoms with van der Waals surface area (Å²) in [6.45, 7) is 17.3. The maximum Gasteiger partial charge on any atom is 0.282 e. The lowest BCUT2D eigenvalue weighted by Gasteiger charge is -2.20. The number of aromatic nitrogens is 3. The third kappa shape index (κ3) is 5.87. The van der Waals surface area contributed by atoms with Crippen LogP contribution in [0.2, 0.25) is 0 Å². The second-order valence-electron chi connectivity index (χ2n) is 11.7. The number of rotatable bonds is 5. The molecule has 0 spiro atoms. The van der Waals surface area contributed by atoms with Crippen molar-refractivity contribution >= 4 is 33.0 Å². The Morgan fingerprint density at radius 3 is 2.30 bits per heavy atom. The summed E-state index contributed by atoms with van der Waals surface area (Å²) in [7, 11) is 0. The SMILES string of the molecule is Cc1cc(C=Nn2c(C(C)(C)C)nc3ccc(Br)cc3c2=O)c(C)n1-c1ccc(OCC(C)(C)C)cc1. The fraction of sp³-hybridized carbons (Fsp3) is 0.367. The smallest absolute Gasteiger partial charge is 0.282 e. The average Bonchev–Trinajstić information content (AvgIpc) is 3.09. The lowest BCUT2D eigenvalue weighted by molar-refractivity contribution is 0.198. The largest absolute Gasteiger partial charge is 0.493 e. The average molecular weight is 564 g/mol. The molecule has 2 aromatic carbocycles. The minimum absolute atomic E-state index is 0.104. The number of hydrogen-bond donors (Lipinski definition) is 0. The van der Waals surface area contributed by atoms with E-state index in [0.717, 1.165) is 32.9 Å².